The van der Waals surface area contributed by atoms with Crippen LogP contribution in [0.2, 0.25) is 5.02 Å². The number of hydrogen-bond donors (Lipinski definition) is 0. The highest BCUT2D eigenvalue weighted by Crippen LogP contribution is 2.28. The quantitative estimate of drug-likeness (QED) is 0.811. The number of rotatable bonds is 4. The minimum absolute atomic E-state index is 0.0540. The molecule has 0 spiro atoms. The van der Waals surface area contributed by atoms with Gasteiger partial charge in [-0.15, -0.1) is 0 Å². The van der Waals surface area contributed by atoms with Crippen LogP contribution in [0.1, 0.15) is 24.2 Å². The maximum Gasteiger partial charge on any atom is 0.243 e. The van der Waals surface area contributed by atoms with E-state index in [1.807, 2.05) is 19.2 Å². The summed E-state index contributed by atoms with van der Waals surface area (Å²) in [5.41, 5.74) is 0.979. The molecule has 3 rings (SSSR count). The van der Waals surface area contributed by atoms with Crippen molar-refractivity contribution in [2.75, 3.05) is 19.7 Å². The standard InChI is InChI=1S/C16H17ClN4O3S/c1-2-20-10-13(9-19-20)16-11-21(5-6-24-16)25(22,23)14-3-4-15(17)12(7-14)8-18/h3-4,7,9-10,16H,2,5-6,11H2,1H3/t16-/m0/s1. The van der Waals surface area contributed by atoms with E-state index in [1.54, 1.807) is 10.9 Å². The Hall–Kier alpha value is -1.92. The van der Waals surface area contributed by atoms with Crippen LogP contribution in [-0.4, -0.2) is 42.2 Å². The largest absolute Gasteiger partial charge is 0.371 e. The van der Waals surface area contributed by atoms with Crippen molar-refractivity contribution in [2.24, 2.45) is 0 Å². The number of nitriles is 1. The smallest absolute Gasteiger partial charge is 0.243 e. The Morgan fingerprint density at radius 3 is 2.96 bits per heavy atom. The lowest BCUT2D eigenvalue weighted by molar-refractivity contribution is -0.00260. The van der Waals surface area contributed by atoms with E-state index in [4.69, 9.17) is 21.6 Å². The fourth-order valence-electron chi connectivity index (χ4n) is 2.66. The lowest BCUT2D eigenvalue weighted by atomic mass is 10.2. The van der Waals surface area contributed by atoms with Gasteiger partial charge in [0.15, 0.2) is 0 Å². The maximum absolute atomic E-state index is 12.9. The van der Waals surface area contributed by atoms with Crippen LogP contribution in [0.4, 0.5) is 0 Å². The zero-order chi connectivity index (χ0) is 18.0. The molecule has 9 heteroatoms. The Balaban J connectivity index is 1.86. The number of benzene rings is 1. The lowest BCUT2D eigenvalue weighted by Gasteiger charge is -2.31. The Morgan fingerprint density at radius 1 is 1.48 bits per heavy atom. The van der Waals surface area contributed by atoms with E-state index < -0.39 is 10.0 Å². The molecule has 1 atom stereocenters. The van der Waals surface area contributed by atoms with Gasteiger partial charge >= 0.3 is 0 Å². The van der Waals surface area contributed by atoms with E-state index in [9.17, 15) is 8.42 Å². The summed E-state index contributed by atoms with van der Waals surface area (Å²) < 4.78 is 34.7. The molecular formula is C16H17ClN4O3S. The number of aromatic nitrogens is 2. The van der Waals surface area contributed by atoms with Crippen LogP contribution >= 0.6 is 11.6 Å². The molecule has 0 saturated carbocycles. The molecule has 0 unspecified atom stereocenters. The van der Waals surface area contributed by atoms with Crippen molar-refractivity contribution in [1.82, 2.24) is 14.1 Å². The number of sulfonamides is 1. The minimum atomic E-state index is -3.73. The molecule has 0 N–H and O–H groups in total. The molecule has 132 valence electrons. The molecule has 1 saturated heterocycles. The van der Waals surface area contributed by atoms with E-state index in [0.717, 1.165) is 12.1 Å². The molecule has 1 fully saturated rings. The van der Waals surface area contributed by atoms with Crippen molar-refractivity contribution in [3.63, 3.8) is 0 Å². The van der Waals surface area contributed by atoms with Crippen LogP contribution in [0.25, 0.3) is 0 Å². The zero-order valence-electron chi connectivity index (χ0n) is 13.6. The third-order valence-electron chi connectivity index (χ3n) is 4.07. The second kappa shape index (κ2) is 7.14. The summed E-state index contributed by atoms with van der Waals surface area (Å²) in [5, 5.41) is 13.5. The molecule has 1 aliphatic rings. The van der Waals surface area contributed by atoms with Gasteiger partial charge in [-0.05, 0) is 25.1 Å². The molecule has 0 amide bonds. The van der Waals surface area contributed by atoms with Gasteiger partial charge in [0.1, 0.15) is 6.07 Å². The molecule has 0 radical (unpaired) electrons. The van der Waals surface area contributed by atoms with Crippen LogP contribution in [0, 0.1) is 11.3 Å². The van der Waals surface area contributed by atoms with Crippen LogP contribution in [0.5, 0.6) is 0 Å². The highest BCUT2D eigenvalue weighted by molar-refractivity contribution is 7.89. The number of ether oxygens (including phenoxy) is 1. The highest BCUT2D eigenvalue weighted by Gasteiger charge is 2.32. The van der Waals surface area contributed by atoms with Crippen LogP contribution in [-0.2, 0) is 21.3 Å². The molecule has 2 aromatic rings. The van der Waals surface area contributed by atoms with Gasteiger partial charge in [0, 0.05) is 31.4 Å². The van der Waals surface area contributed by atoms with Crippen molar-refractivity contribution in [1.29, 1.82) is 5.26 Å². The predicted octanol–water partition coefficient (Wildman–Crippen LogP) is 2.19. The number of nitrogens with zero attached hydrogens (tertiary/aromatic N) is 4. The van der Waals surface area contributed by atoms with Crippen LogP contribution < -0.4 is 0 Å². The first-order valence-corrected chi connectivity index (χ1v) is 9.61. The SMILES string of the molecule is CCn1cc([C@@H]2CN(S(=O)(=O)c3ccc(Cl)c(C#N)c3)CCO2)cn1. The average Bonchev–Trinajstić information content (AvgIpc) is 3.11. The zero-order valence-corrected chi connectivity index (χ0v) is 15.2. The van der Waals surface area contributed by atoms with Gasteiger partial charge in [-0.2, -0.15) is 14.7 Å². The van der Waals surface area contributed by atoms with E-state index in [-0.39, 0.29) is 34.7 Å². The second-order valence-electron chi connectivity index (χ2n) is 5.61. The number of morpholine rings is 1. The number of hydrogen-bond acceptors (Lipinski definition) is 5. The van der Waals surface area contributed by atoms with Crippen molar-refractivity contribution in [3.8, 4) is 6.07 Å². The van der Waals surface area contributed by atoms with Crippen LogP contribution in [0.15, 0.2) is 35.5 Å². The summed E-state index contributed by atoms with van der Waals surface area (Å²) in [6, 6.07) is 6.05. The molecule has 25 heavy (non-hydrogen) atoms. The van der Waals surface area contributed by atoms with E-state index in [1.165, 1.54) is 22.5 Å². The summed E-state index contributed by atoms with van der Waals surface area (Å²) in [6.45, 7) is 3.45. The molecule has 1 aromatic carbocycles. The first-order chi connectivity index (χ1) is 12.0. The summed E-state index contributed by atoms with van der Waals surface area (Å²) in [7, 11) is -3.73. The predicted molar refractivity (Wildman–Crippen MR) is 91.5 cm³/mol. The average molecular weight is 381 g/mol. The topological polar surface area (TPSA) is 88.2 Å². The summed E-state index contributed by atoms with van der Waals surface area (Å²) >= 11 is 5.89. The fraction of sp³-hybridized carbons (Fsp3) is 0.375. The molecule has 0 bridgehead atoms. The highest BCUT2D eigenvalue weighted by atomic mass is 35.5. The van der Waals surface area contributed by atoms with Crippen LogP contribution in [0.3, 0.4) is 0 Å². The van der Waals surface area contributed by atoms with Gasteiger partial charge < -0.3 is 4.74 Å². The Labute approximate surface area is 151 Å². The van der Waals surface area contributed by atoms with Gasteiger partial charge in [0.2, 0.25) is 10.0 Å². The third-order valence-corrected chi connectivity index (χ3v) is 6.26. The van der Waals surface area contributed by atoms with Crippen molar-refractivity contribution in [3.05, 3.63) is 46.7 Å². The van der Waals surface area contributed by atoms with Crippen molar-refractivity contribution < 1.29 is 13.2 Å². The first kappa shape index (κ1) is 17.9. The molecular weight excluding hydrogens is 364 g/mol. The monoisotopic (exact) mass is 380 g/mol. The Morgan fingerprint density at radius 2 is 2.28 bits per heavy atom. The van der Waals surface area contributed by atoms with Gasteiger partial charge in [0.05, 0.1) is 34.4 Å². The molecule has 1 aliphatic heterocycles. The molecule has 1 aromatic heterocycles. The molecule has 0 aliphatic carbocycles. The first-order valence-electron chi connectivity index (χ1n) is 7.79. The van der Waals surface area contributed by atoms with E-state index >= 15 is 0 Å². The van der Waals surface area contributed by atoms with E-state index in [0.29, 0.717) is 6.61 Å². The lowest BCUT2D eigenvalue weighted by Crippen LogP contribution is -2.42. The Bertz CT molecular complexity index is 920. The summed E-state index contributed by atoms with van der Waals surface area (Å²) in [5.74, 6) is 0. The normalized spacial score (nSPS) is 18.8. The van der Waals surface area contributed by atoms with E-state index in [2.05, 4.69) is 5.10 Å². The Kier molecular flexibility index (Phi) is 5.11. The van der Waals surface area contributed by atoms with Crippen molar-refractivity contribution >= 4 is 21.6 Å². The minimum Gasteiger partial charge on any atom is -0.371 e. The van der Waals surface area contributed by atoms with Gasteiger partial charge in [-0.1, -0.05) is 11.6 Å². The summed E-state index contributed by atoms with van der Waals surface area (Å²) in [6.07, 6.45) is 3.18. The van der Waals surface area contributed by atoms with Gasteiger partial charge in [-0.25, -0.2) is 8.42 Å². The second-order valence-corrected chi connectivity index (χ2v) is 7.95. The van der Waals surface area contributed by atoms with Gasteiger partial charge in [-0.3, -0.25) is 4.68 Å². The number of aryl methyl sites for hydroxylation is 1. The van der Waals surface area contributed by atoms with Crippen molar-refractivity contribution in [2.45, 2.75) is 24.5 Å². The number of halogens is 1. The fourth-order valence-corrected chi connectivity index (χ4v) is 4.28. The third kappa shape index (κ3) is 3.55. The molecule has 7 nitrogen and oxygen atoms in total. The summed E-state index contributed by atoms with van der Waals surface area (Å²) in [4.78, 5) is 0.0540. The molecule has 2 heterocycles. The maximum atomic E-state index is 12.9. The van der Waals surface area contributed by atoms with Gasteiger partial charge in [0.25, 0.3) is 0 Å².